The fourth-order valence-corrected chi connectivity index (χ4v) is 2.00. The van der Waals surface area contributed by atoms with E-state index in [0.717, 1.165) is 5.56 Å². The number of rotatable bonds is 5. The van der Waals surface area contributed by atoms with Crippen LogP contribution in [0.4, 0.5) is 0 Å². The fourth-order valence-electron chi connectivity index (χ4n) is 2.00. The summed E-state index contributed by atoms with van der Waals surface area (Å²) in [4.78, 5) is 15.4. The number of aromatic carboxylic acids is 1. The standard InChI is InChI=1S/C14H15NO4/c1-18-8-13(19-2)9-3-4-12-11(7-9)10(14(16)17)5-6-15-12/h3-7,13H,8H2,1-2H3,(H,16,17). The number of aromatic nitrogens is 1. The molecular formula is C14H15NO4. The predicted molar refractivity (Wildman–Crippen MR) is 70.3 cm³/mol. The first-order chi connectivity index (χ1) is 9.17. The van der Waals surface area contributed by atoms with Gasteiger partial charge in [0.1, 0.15) is 6.10 Å². The van der Waals surface area contributed by atoms with Crippen molar-refractivity contribution in [1.29, 1.82) is 0 Å². The van der Waals surface area contributed by atoms with E-state index in [0.29, 0.717) is 17.5 Å². The Kier molecular flexibility index (Phi) is 4.09. The van der Waals surface area contributed by atoms with Crippen molar-refractivity contribution >= 4 is 16.9 Å². The topological polar surface area (TPSA) is 68.7 Å². The summed E-state index contributed by atoms with van der Waals surface area (Å²) in [5, 5.41) is 9.79. The summed E-state index contributed by atoms with van der Waals surface area (Å²) in [6.07, 6.45) is 1.27. The average Bonchev–Trinajstić information content (AvgIpc) is 2.43. The van der Waals surface area contributed by atoms with Crippen LogP contribution in [-0.2, 0) is 9.47 Å². The van der Waals surface area contributed by atoms with E-state index in [-0.39, 0.29) is 11.7 Å². The lowest BCUT2D eigenvalue weighted by atomic mass is 10.0. The summed E-state index contributed by atoms with van der Waals surface area (Å²) in [5.41, 5.74) is 1.75. The lowest BCUT2D eigenvalue weighted by Gasteiger charge is -2.15. The molecule has 1 aromatic carbocycles. The zero-order chi connectivity index (χ0) is 13.8. The summed E-state index contributed by atoms with van der Waals surface area (Å²) < 4.78 is 10.4. The van der Waals surface area contributed by atoms with Crippen molar-refractivity contribution in [2.24, 2.45) is 0 Å². The Labute approximate surface area is 110 Å². The van der Waals surface area contributed by atoms with Crippen LogP contribution in [0.15, 0.2) is 30.5 Å². The van der Waals surface area contributed by atoms with Crippen molar-refractivity contribution in [2.75, 3.05) is 20.8 Å². The molecule has 100 valence electrons. The number of carbonyl (C=O) groups is 1. The molecule has 1 unspecified atom stereocenters. The molecule has 0 saturated heterocycles. The van der Waals surface area contributed by atoms with Gasteiger partial charge in [-0.15, -0.1) is 0 Å². The molecule has 0 saturated carbocycles. The minimum atomic E-state index is -0.967. The summed E-state index contributed by atoms with van der Waals surface area (Å²) in [5.74, 6) is -0.967. The van der Waals surface area contributed by atoms with E-state index in [2.05, 4.69) is 4.98 Å². The maximum atomic E-state index is 11.2. The molecule has 1 atom stereocenters. The van der Waals surface area contributed by atoms with E-state index in [4.69, 9.17) is 9.47 Å². The zero-order valence-electron chi connectivity index (χ0n) is 10.8. The van der Waals surface area contributed by atoms with Crippen LogP contribution in [0.1, 0.15) is 22.0 Å². The van der Waals surface area contributed by atoms with Crippen LogP contribution >= 0.6 is 0 Å². The summed E-state index contributed by atoms with van der Waals surface area (Å²) in [6, 6.07) is 6.94. The Bertz CT molecular complexity index is 597. The third kappa shape index (κ3) is 2.72. The Morgan fingerprint density at radius 3 is 2.79 bits per heavy atom. The van der Waals surface area contributed by atoms with Crippen molar-refractivity contribution in [3.05, 3.63) is 41.6 Å². The second kappa shape index (κ2) is 5.77. The molecule has 0 fully saturated rings. The lowest BCUT2D eigenvalue weighted by Crippen LogP contribution is -2.09. The van der Waals surface area contributed by atoms with Crippen molar-refractivity contribution < 1.29 is 19.4 Å². The van der Waals surface area contributed by atoms with Gasteiger partial charge in [0.05, 0.1) is 17.7 Å². The molecule has 0 aliphatic heterocycles. The second-order valence-electron chi connectivity index (χ2n) is 4.12. The fraction of sp³-hybridized carbons (Fsp3) is 0.286. The average molecular weight is 261 g/mol. The Hall–Kier alpha value is -1.98. The molecule has 1 N–H and O–H groups in total. The van der Waals surface area contributed by atoms with Gasteiger partial charge in [0, 0.05) is 25.8 Å². The number of carboxylic acids is 1. The molecule has 2 rings (SSSR count). The van der Waals surface area contributed by atoms with E-state index in [1.165, 1.54) is 12.3 Å². The van der Waals surface area contributed by atoms with Crippen molar-refractivity contribution in [3.8, 4) is 0 Å². The number of ether oxygens (including phenoxy) is 2. The van der Waals surface area contributed by atoms with Crippen molar-refractivity contribution in [2.45, 2.75) is 6.10 Å². The van der Waals surface area contributed by atoms with Crippen molar-refractivity contribution in [3.63, 3.8) is 0 Å². The first kappa shape index (κ1) is 13.5. The van der Waals surface area contributed by atoms with E-state index in [1.807, 2.05) is 6.07 Å². The minimum Gasteiger partial charge on any atom is -0.478 e. The quantitative estimate of drug-likeness (QED) is 0.894. The first-order valence-corrected chi connectivity index (χ1v) is 5.81. The van der Waals surface area contributed by atoms with Gasteiger partial charge in [-0.05, 0) is 23.8 Å². The summed E-state index contributed by atoms with van der Waals surface area (Å²) in [6.45, 7) is 0.407. The van der Waals surface area contributed by atoms with Gasteiger partial charge in [0.15, 0.2) is 0 Å². The highest BCUT2D eigenvalue weighted by molar-refractivity contribution is 6.02. The molecule has 0 bridgehead atoms. The molecule has 0 amide bonds. The number of pyridine rings is 1. The number of methoxy groups -OCH3 is 2. The van der Waals surface area contributed by atoms with Gasteiger partial charge >= 0.3 is 5.97 Å². The van der Waals surface area contributed by atoms with Crippen LogP contribution in [0, 0.1) is 0 Å². The number of carboxylic acid groups (broad SMARTS) is 1. The molecule has 0 aliphatic rings. The number of hydrogen-bond donors (Lipinski definition) is 1. The van der Waals surface area contributed by atoms with E-state index in [9.17, 15) is 9.90 Å². The van der Waals surface area contributed by atoms with Gasteiger partial charge in [0.25, 0.3) is 0 Å². The molecule has 1 aromatic heterocycles. The van der Waals surface area contributed by atoms with Gasteiger partial charge in [-0.1, -0.05) is 6.07 Å². The van der Waals surface area contributed by atoms with Gasteiger partial charge in [-0.25, -0.2) is 4.79 Å². The smallest absolute Gasteiger partial charge is 0.336 e. The zero-order valence-corrected chi connectivity index (χ0v) is 10.8. The number of fused-ring (bicyclic) bond motifs is 1. The number of hydrogen-bond acceptors (Lipinski definition) is 4. The summed E-state index contributed by atoms with van der Waals surface area (Å²) >= 11 is 0. The third-order valence-electron chi connectivity index (χ3n) is 2.97. The predicted octanol–water partition coefficient (Wildman–Crippen LogP) is 2.27. The molecule has 0 spiro atoms. The lowest BCUT2D eigenvalue weighted by molar-refractivity contribution is 0.0275. The van der Waals surface area contributed by atoms with Crippen LogP contribution in [0.2, 0.25) is 0 Å². The van der Waals surface area contributed by atoms with Gasteiger partial charge in [-0.3, -0.25) is 4.98 Å². The third-order valence-corrected chi connectivity index (χ3v) is 2.97. The number of nitrogens with zero attached hydrogens (tertiary/aromatic N) is 1. The molecule has 2 aromatic rings. The van der Waals surface area contributed by atoms with Gasteiger partial charge < -0.3 is 14.6 Å². The van der Waals surface area contributed by atoms with Crippen molar-refractivity contribution in [1.82, 2.24) is 4.98 Å². The van der Waals surface area contributed by atoms with Crippen LogP contribution < -0.4 is 0 Å². The minimum absolute atomic E-state index is 0.226. The molecule has 5 heteroatoms. The first-order valence-electron chi connectivity index (χ1n) is 5.81. The second-order valence-corrected chi connectivity index (χ2v) is 4.12. The van der Waals surface area contributed by atoms with E-state index >= 15 is 0 Å². The maximum absolute atomic E-state index is 11.2. The molecule has 1 heterocycles. The highest BCUT2D eigenvalue weighted by Gasteiger charge is 2.14. The Morgan fingerprint density at radius 2 is 2.16 bits per heavy atom. The molecule has 0 aliphatic carbocycles. The van der Waals surface area contributed by atoms with E-state index in [1.54, 1.807) is 26.4 Å². The van der Waals surface area contributed by atoms with Gasteiger partial charge in [0.2, 0.25) is 0 Å². The Morgan fingerprint density at radius 1 is 1.37 bits per heavy atom. The number of benzene rings is 1. The SMILES string of the molecule is COCC(OC)c1ccc2nccc(C(=O)O)c2c1. The van der Waals surface area contributed by atoms with Crippen LogP contribution in [0.5, 0.6) is 0 Å². The Balaban J connectivity index is 2.54. The van der Waals surface area contributed by atoms with Crippen LogP contribution in [0.3, 0.4) is 0 Å². The highest BCUT2D eigenvalue weighted by atomic mass is 16.5. The maximum Gasteiger partial charge on any atom is 0.336 e. The summed E-state index contributed by atoms with van der Waals surface area (Å²) in [7, 11) is 3.19. The van der Waals surface area contributed by atoms with Crippen LogP contribution in [-0.4, -0.2) is 36.9 Å². The van der Waals surface area contributed by atoms with Crippen LogP contribution in [0.25, 0.3) is 10.9 Å². The molecule has 5 nitrogen and oxygen atoms in total. The monoisotopic (exact) mass is 261 g/mol. The molecular weight excluding hydrogens is 246 g/mol. The molecule has 0 radical (unpaired) electrons. The van der Waals surface area contributed by atoms with E-state index < -0.39 is 5.97 Å². The highest BCUT2D eigenvalue weighted by Crippen LogP contribution is 2.24. The normalized spacial score (nSPS) is 12.5. The largest absolute Gasteiger partial charge is 0.478 e. The van der Waals surface area contributed by atoms with Gasteiger partial charge in [-0.2, -0.15) is 0 Å². The molecule has 19 heavy (non-hydrogen) atoms.